The summed E-state index contributed by atoms with van der Waals surface area (Å²) in [5.74, 6) is 0.700. The van der Waals surface area contributed by atoms with Crippen LogP contribution in [0.1, 0.15) is 6.42 Å². The number of alkyl halides is 1. The molecule has 15 heavy (non-hydrogen) atoms. The molecule has 0 aromatic heterocycles. The van der Waals surface area contributed by atoms with Gasteiger partial charge in [0.25, 0.3) is 0 Å². The van der Waals surface area contributed by atoms with Gasteiger partial charge in [-0.2, -0.15) is 0 Å². The molecule has 1 aromatic rings. The van der Waals surface area contributed by atoms with Crippen LogP contribution in [0.4, 0.5) is 5.69 Å². The molecule has 5 heteroatoms. The highest BCUT2D eigenvalue weighted by Crippen LogP contribution is 2.27. The average Bonchev–Trinajstić information content (AvgIpc) is 2.21. The van der Waals surface area contributed by atoms with Gasteiger partial charge in [0.05, 0.1) is 12.1 Å². The molecule has 0 atom stereocenters. The topological polar surface area (TPSA) is 38.3 Å². The zero-order chi connectivity index (χ0) is 11.3. The van der Waals surface area contributed by atoms with E-state index in [1.165, 1.54) is 7.11 Å². The van der Waals surface area contributed by atoms with Crippen LogP contribution in [0.3, 0.4) is 0 Å². The highest BCUT2D eigenvalue weighted by Gasteiger charge is 2.04. The number of halogens is 2. The monoisotopic (exact) mass is 247 g/mol. The summed E-state index contributed by atoms with van der Waals surface area (Å²) in [6.45, 7) is 0. The molecule has 0 aliphatic rings. The molecule has 1 N–H and O–H groups in total. The molecule has 0 unspecified atom stereocenters. The molecule has 3 nitrogen and oxygen atoms in total. The number of hydrogen-bond acceptors (Lipinski definition) is 2. The lowest BCUT2D eigenvalue weighted by atomic mass is 10.3. The van der Waals surface area contributed by atoms with E-state index < -0.39 is 0 Å². The van der Waals surface area contributed by atoms with E-state index in [0.29, 0.717) is 22.3 Å². The van der Waals surface area contributed by atoms with Crippen molar-refractivity contribution in [1.29, 1.82) is 0 Å². The lowest BCUT2D eigenvalue weighted by Gasteiger charge is -2.07. The number of anilines is 1. The third-order valence-corrected chi connectivity index (χ3v) is 2.26. The van der Waals surface area contributed by atoms with Crippen molar-refractivity contribution < 1.29 is 9.53 Å². The summed E-state index contributed by atoms with van der Waals surface area (Å²) >= 11 is 11.3. The van der Waals surface area contributed by atoms with Gasteiger partial charge in [-0.05, 0) is 12.1 Å². The molecule has 0 aliphatic carbocycles. The lowest BCUT2D eigenvalue weighted by molar-refractivity contribution is -0.115. The molecular formula is C10H11Cl2NO2. The summed E-state index contributed by atoms with van der Waals surface area (Å²) in [7, 11) is 1.52. The highest BCUT2D eigenvalue weighted by atomic mass is 35.5. The Bertz CT molecular complexity index is 355. The number of nitrogens with one attached hydrogen (secondary N) is 1. The standard InChI is InChI=1S/C10H11Cl2NO2/c1-15-9-6-7(2-3-8(9)12)13-10(14)4-5-11/h2-3,6H,4-5H2,1H3,(H,13,14). The van der Waals surface area contributed by atoms with Crippen LogP contribution in [0.2, 0.25) is 5.02 Å². The molecular weight excluding hydrogens is 237 g/mol. The molecule has 0 saturated carbocycles. The molecule has 0 radical (unpaired) electrons. The predicted molar refractivity (Wildman–Crippen MR) is 62.0 cm³/mol. The van der Waals surface area contributed by atoms with Crippen molar-refractivity contribution in [2.75, 3.05) is 18.3 Å². The van der Waals surface area contributed by atoms with Crippen LogP contribution in [0.15, 0.2) is 18.2 Å². The largest absolute Gasteiger partial charge is 0.495 e. The number of carbonyl (C=O) groups is 1. The van der Waals surface area contributed by atoms with E-state index in [1.807, 2.05) is 0 Å². The third kappa shape index (κ3) is 3.61. The van der Waals surface area contributed by atoms with E-state index in [4.69, 9.17) is 27.9 Å². The van der Waals surface area contributed by atoms with Gasteiger partial charge in [0.2, 0.25) is 5.91 Å². The number of benzene rings is 1. The Kier molecular flexibility index (Phi) is 4.72. The molecule has 0 bridgehead atoms. The Morgan fingerprint density at radius 1 is 1.53 bits per heavy atom. The van der Waals surface area contributed by atoms with E-state index in [0.717, 1.165) is 0 Å². The fraction of sp³-hybridized carbons (Fsp3) is 0.300. The van der Waals surface area contributed by atoms with Gasteiger partial charge in [-0.15, -0.1) is 11.6 Å². The molecule has 1 aromatic carbocycles. The summed E-state index contributed by atoms with van der Waals surface area (Å²) < 4.78 is 5.02. The van der Waals surface area contributed by atoms with Gasteiger partial charge in [0.1, 0.15) is 5.75 Å². The van der Waals surface area contributed by atoms with Gasteiger partial charge in [0, 0.05) is 24.1 Å². The van der Waals surface area contributed by atoms with Gasteiger partial charge >= 0.3 is 0 Å². The number of methoxy groups -OCH3 is 1. The molecule has 1 rings (SSSR count). The van der Waals surface area contributed by atoms with Crippen molar-refractivity contribution >= 4 is 34.8 Å². The van der Waals surface area contributed by atoms with E-state index in [1.54, 1.807) is 18.2 Å². The van der Waals surface area contributed by atoms with E-state index in [2.05, 4.69) is 5.32 Å². The fourth-order valence-corrected chi connectivity index (χ4v) is 1.41. The summed E-state index contributed by atoms with van der Waals surface area (Å²) in [5.41, 5.74) is 0.645. The Hall–Kier alpha value is -0.930. The van der Waals surface area contributed by atoms with Gasteiger partial charge in [-0.1, -0.05) is 11.6 Å². The molecule has 1 amide bonds. The lowest BCUT2D eigenvalue weighted by Crippen LogP contribution is -2.11. The minimum atomic E-state index is -0.130. The first-order valence-electron chi connectivity index (χ1n) is 4.36. The average molecular weight is 248 g/mol. The van der Waals surface area contributed by atoms with E-state index in [-0.39, 0.29) is 12.3 Å². The van der Waals surface area contributed by atoms with Crippen molar-refractivity contribution in [3.8, 4) is 5.75 Å². The zero-order valence-electron chi connectivity index (χ0n) is 8.22. The molecule has 0 aliphatic heterocycles. The predicted octanol–water partition coefficient (Wildman–Crippen LogP) is 2.92. The second-order valence-electron chi connectivity index (χ2n) is 2.84. The van der Waals surface area contributed by atoms with Crippen molar-refractivity contribution in [2.24, 2.45) is 0 Å². The quantitative estimate of drug-likeness (QED) is 0.832. The van der Waals surface area contributed by atoms with Crippen LogP contribution >= 0.6 is 23.2 Å². The van der Waals surface area contributed by atoms with Gasteiger partial charge in [0.15, 0.2) is 0 Å². The highest BCUT2D eigenvalue weighted by molar-refractivity contribution is 6.32. The summed E-state index contributed by atoms with van der Waals surface area (Å²) in [4.78, 5) is 11.2. The third-order valence-electron chi connectivity index (χ3n) is 1.76. The molecule has 0 heterocycles. The molecule has 0 spiro atoms. The fourth-order valence-electron chi connectivity index (χ4n) is 1.05. The molecule has 0 fully saturated rings. The van der Waals surface area contributed by atoms with Crippen molar-refractivity contribution in [3.63, 3.8) is 0 Å². The summed E-state index contributed by atoms with van der Waals surface area (Å²) in [6.07, 6.45) is 0.284. The first-order valence-corrected chi connectivity index (χ1v) is 5.28. The van der Waals surface area contributed by atoms with Crippen LogP contribution in [-0.4, -0.2) is 18.9 Å². The molecule has 0 saturated heterocycles. The van der Waals surface area contributed by atoms with Gasteiger partial charge in [-0.25, -0.2) is 0 Å². The van der Waals surface area contributed by atoms with Crippen LogP contribution in [-0.2, 0) is 4.79 Å². The van der Waals surface area contributed by atoms with E-state index >= 15 is 0 Å². The Morgan fingerprint density at radius 2 is 2.27 bits per heavy atom. The number of hydrogen-bond donors (Lipinski definition) is 1. The minimum Gasteiger partial charge on any atom is -0.495 e. The maximum absolute atomic E-state index is 11.2. The van der Waals surface area contributed by atoms with Crippen molar-refractivity contribution in [1.82, 2.24) is 0 Å². The Labute approximate surface area is 98.3 Å². The Morgan fingerprint density at radius 3 is 2.87 bits per heavy atom. The van der Waals surface area contributed by atoms with Crippen LogP contribution in [0.5, 0.6) is 5.75 Å². The number of carbonyl (C=O) groups excluding carboxylic acids is 1. The van der Waals surface area contributed by atoms with Gasteiger partial charge in [-0.3, -0.25) is 4.79 Å². The zero-order valence-corrected chi connectivity index (χ0v) is 9.73. The number of amides is 1. The smallest absolute Gasteiger partial charge is 0.225 e. The number of ether oxygens (including phenoxy) is 1. The van der Waals surface area contributed by atoms with Crippen LogP contribution in [0.25, 0.3) is 0 Å². The summed E-state index contributed by atoms with van der Waals surface area (Å²) in [6, 6.07) is 5.03. The van der Waals surface area contributed by atoms with E-state index in [9.17, 15) is 4.79 Å². The molecule has 82 valence electrons. The second kappa shape index (κ2) is 5.83. The summed E-state index contributed by atoms with van der Waals surface area (Å²) in [5, 5.41) is 3.19. The Balaban J connectivity index is 2.74. The maximum atomic E-state index is 11.2. The van der Waals surface area contributed by atoms with Crippen LogP contribution in [0, 0.1) is 0 Å². The first kappa shape index (κ1) is 12.1. The van der Waals surface area contributed by atoms with Gasteiger partial charge < -0.3 is 10.1 Å². The van der Waals surface area contributed by atoms with Crippen LogP contribution < -0.4 is 10.1 Å². The van der Waals surface area contributed by atoms with Crippen molar-refractivity contribution in [3.05, 3.63) is 23.2 Å². The normalized spacial score (nSPS) is 9.80. The maximum Gasteiger partial charge on any atom is 0.225 e. The SMILES string of the molecule is COc1cc(NC(=O)CCCl)ccc1Cl. The number of rotatable bonds is 4. The first-order chi connectivity index (χ1) is 7.17. The minimum absolute atomic E-state index is 0.130. The van der Waals surface area contributed by atoms with Crippen molar-refractivity contribution in [2.45, 2.75) is 6.42 Å². The second-order valence-corrected chi connectivity index (χ2v) is 3.62.